The predicted molar refractivity (Wildman–Crippen MR) is 239 cm³/mol. The number of ether oxygens (including phenoxy) is 11. The number of allylic oxidation sites excluding steroid dienone is 1. The van der Waals surface area contributed by atoms with Crippen molar-refractivity contribution in [3.63, 3.8) is 0 Å². The number of aliphatic hydroxyl groups excluding tert-OH is 6. The van der Waals surface area contributed by atoms with Gasteiger partial charge in [0, 0.05) is 38.5 Å². The Labute approximate surface area is 412 Å². The summed E-state index contributed by atoms with van der Waals surface area (Å²) in [6.45, 7) is 16.7. The van der Waals surface area contributed by atoms with E-state index >= 15 is 0 Å². The molecule has 0 aromatic heterocycles. The number of carbonyl (C=O) groups is 4. The maximum Gasteiger partial charge on any atom is 0.303 e. The van der Waals surface area contributed by atoms with Crippen LogP contribution >= 0.6 is 0 Å². The molecule has 9 rings (SSSR count). The second-order valence-corrected chi connectivity index (χ2v) is 22.0. The average molecular weight is 1010 g/mol. The minimum absolute atomic E-state index is 0.00706. The first-order valence-corrected chi connectivity index (χ1v) is 25.1. The van der Waals surface area contributed by atoms with E-state index < -0.39 is 139 Å². The van der Waals surface area contributed by atoms with Crippen LogP contribution in [-0.4, -0.2) is 184 Å². The number of hydrogen-bond acceptors (Lipinski definition) is 21. The number of Topliss-reactive ketones (excluding diaryl/α,β-unsaturated/α-hetero) is 1. The van der Waals surface area contributed by atoms with Crippen molar-refractivity contribution in [3.8, 4) is 0 Å². The van der Waals surface area contributed by atoms with Gasteiger partial charge >= 0.3 is 17.9 Å². The van der Waals surface area contributed by atoms with Gasteiger partial charge in [-0.1, -0.05) is 39.0 Å². The summed E-state index contributed by atoms with van der Waals surface area (Å²) in [6, 6.07) is 0. The molecule has 3 saturated carbocycles. The van der Waals surface area contributed by atoms with Gasteiger partial charge in [0.15, 0.2) is 43.0 Å². The van der Waals surface area contributed by atoms with Gasteiger partial charge in [-0.15, -0.1) is 0 Å². The highest BCUT2D eigenvalue weighted by Crippen LogP contribution is 2.71. The first-order chi connectivity index (χ1) is 33.4. The van der Waals surface area contributed by atoms with Crippen molar-refractivity contribution in [3.05, 3.63) is 23.8 Å². The molecule has 21 heteroatoms. The van der Waals surface area contributed by atoms with Crippen LogP contribution in [0.4, 0.5) is 0 Å². The lowest BCUT2D eigenvalue weighted by atomic mass is 9.46. The van der Waals surface area contributed by atoms with Crippen LogP contribution < -0.4 is 0 Å². The summed E-state index contributed by atoms with van der Waals surface area (Å²) in [5.74, 6) is -4.45. The van der Waals surface area contributed by atoms with Gasteiger partial charge in [-0.3, -0.25) is 19.2 Å². The minimum atomic E-state index is -1.72. The van der Waals surface area contributed by atoms with E-state index in [1.54, 1.807) is 6.92 Å². The summed E-state index contributed by atoms with van der Waals surface area (Å²) in [4.78, 5) is 49.3. The molecule has 398 valence electrons. The van der Waals surface area contributed by atoms with E-state index in [0.29, 0.717) is 18.4 Å². The number of ketones is 1. The molecule has 0 aromatic carbocycles. The van der Waals surface area contributed by atoms with Crippen LogP contribution in [0.1, 0.15) is 93.9 Å². The predicted octanol–water partition coefficient (Wildman–Crippen LogP) is 0.634. The van der Waals surface area contributed by atoms with E-state index in [2.05, 4.69) is 26.5 Å². The molecule has 5 aliphatic heterocycles. The van der Waals surface area contributed by atoms with E-state index in [9.17, 15) is 49.8 Å². The number of carbonyl (C=O) groups excluding carboxylic acids is 4. The van der Waals surface area contributed by atoms with Crippen LogP contribution in [-0.2, 0) is 71.3 Å². The lowest BCUT2D eigenvalue weighted by Gasteiger charge is -2.60. The molecule has 0 radical (unpaired) electrons. The third-order valence-electron chi connectivity index (χ3n) is 17.9. The van der Waals surface area contributed by atoms with Crippen LogP contribution in [0.2, 0.25) is 0 Å². The molecule has 6 N–H and O–H groups in total. The number of rotatable bonds is 9. The third kappa shape index (κ3) is 8.93. The molecule has 5 saturated heterocycles. The van der Waals surface area contributed by atoms with E-state index in [1.165, 1.54) is 13.8 Å². The fourth-order valence-electron chi connectivity index (χ4n) is 14.6. The summed E-state index contributed by atoms with van der Waals surface area (Å²) in [6.07, 6.45) is -16.8. The highest BCUT2D eigenvalue weighted by atomic mass is 16.8. The quantitative estimate of drug-likeness (QED) is 0.105. The first kappa shape index (κ1) is 52.8. The molecule has 26 atom stereocenters. The second kappa shape index (κ2) is 19.6. The Kier molecular flexibility index (Phi) is 14.6. The Morgan fingerprint density at radius 1 is 0.789 bits per heavy atom. The van der Waals surface area contributed by atoms with Crippen LogP contribution in [0.3, 0.4) is 0 Å². The summed E-state index contributed by atoms with van der Waals surface area (Å²) in [5, 5.41) is 67.3. The van der Waals surface area contributed by atoms with E-state index in [-0.39, 0.29) is 60.7 Å². The van der Waals surface area contributed by atoms with Crippen molar-refractivity contribution in [1.82, 2.24) is 0 Å². The molecule has 0 amide bonds. The lowest BCUT2D eigenvalue weighted by Crippen LogP contribution is -2.65. The zero-order valence-corrected chi connectivity index (χ0v) is 41.5. The molecule has 8 fully saturated rings. The molecule has 71 heavy (non-hydrogen) atoms. The SMILES string of the molecule is C=C1CO[C@@]2(OC3CC4C5CC=C6C[C@@H](O)C[C@@H](O[C@@H]7OC[C@H](O)[C@H](O)[C@H]7O[C@@H]7O[C@@H](C)[C@H](OC(C)=O)[C@@H](OC(C)=O)[C@H]7OC(C)=O)[C@]6(C)C5CC[C@]4(C)C3C2C)[C@@H](O)[C@H]1O[C@@H]1O[C@H](C)C(=O)[C@H](O)[C@H]1O. The van der Waals surface area contributed by atoms with Gasteiger partial charge in [0.05, 0.1) is 37.6 Å². The zero-order chi connectivity index (χ0) is 51.4. The minimum Gasteiger partial charge on any atom is -0.456 e. The first-order valence-electron chi connectivity index (χ1n) is 25.1. The molecule has 0 bridgehead atoms. The summed E-state index contributed by atoms with van der Waals surface area (Å²) in [7, 11) is 0. The van der Waals surface area contributed by atoms with Gasteiger partial charge in [-0.2, -0.15) is 0 Å². The summed E-state index contributed by atoms with van der Waals surface area (Å²) < 4.78 is 67.4. The van der Waals surface area contributed by atoms with Crippen molar-refractivity contribution in [1.29, 1.82) is 0 Å². The average Bonchev–Trinajstić information content (AvgIpc) is 3.76. The highest BCUT2D eigenvalue weighted by molar-refractivity contribution is 5.88. The zero-order valence-electron chi connectivity index (χ0n) is 41.5. The molecule has 5 heterocycles. The van der Waals surface area contributed by atoms with Crippen LogP contribution in [0.25, 0.3) is 0 Å². The highest BCUT2D eigenvalue weighted by Gasteiger charge is 2.72. The van der Waals surface area contributed by atoms with Crippen molar-refractivity contribution in [2.24, 2.45) is 40.4 Å². The third-order valence-corrected chi connectivity index (χ3v) is 17.9. The maximum atomic E-state index is 12.5. The fraction of sp³-hybridized carbons (Fsp3) is 0.840. The van der Waals surface area contributed by atoms with Gasteiger partial charge in [-0.05, 0) is 80.6 Å². The second-order valence-electron chi connectivity index (χ2n) is 22.0. The number of aliphatic hydroxyl groups is 6. The van der Waals surface area contributed by atoms with Crippen molar-refractivity contribution in [2.45, 2.75) is 210 Å². The smallest absolute Gasteiger partial charge is 0.303 e. The Morgan fingerprint density at radius 2 is 1.46 bits per heavy atom. The largest absolute Gasteiger partial charge is 0.456 e. The van der Waals surface area contributed by atoms with Crippen molar-refractivity contribution < 1.29 is 102 Å². The standard InChI is InChI=1S/C50H72O21/c1-19-17-62-50(44(60)39(19)69-45-38(59)37(58)35(56)21(3)63-45)20(2)34-32(71-50)16-30-28-11-10-26-14-27(54)15-33(49(26,9)29(28)12-13-48(30,34)8)68-46-41(36(57)31(55)18-61-46)70-47-43(67-25(7)53)42(66-24(6)52)40(22(4)64-47)65-23(5)51/h10,20-22,27-34,36-47,54-55,57-60H,1,11-18H2,2-9H3/t20?,21-,22+,27-,28?,29?,30?,31+,32?,33-,34?,36+,37+,38-,39+,40+,41-,42-,43-,44+,45+,46+,47+,48+,49+,50+/m1/s1. The van der Waals surface area contributed by atoms with E-state index in [1.807, 2.05) is 6.92 Å². The van der Waals surface area contributed by atoms with Gasteiger partial charge in [0.1, 0.15) is 48.8 Å². The van der Waals surface area contributed by atoms with Crippen molar-refractivity contribution in [2.75, 3.05) is 13.2 Å². The molecular weight excluding hydrogens is 937 g/mol. The normalized spacial score (nSPS) is 51.6. The topological polar surface area (TPSA) is 291 Å². The molecule has 9 aliphatic rings. The van der Waals surface area contributed by atoms with Crippen LogP contribution in [0.5, 0.6) is 0 Å². The van der Waals surface area contributed by atoms with Gasteiger partial charge in [-0.25, -0.2) is 0 Å². The van der Waals surface area contributed by atoms with Gasteiger partial charge < -0.3 is 82.7 Å². The Balaban J connectivity index is 0.946. The molecular formula is C50H72O21. The lowest BCUT2D eigenvalue weighted by molar-refractivity contribution is -0.363. The number of hydrogen-bond donors (Lipinski definition) is 6. The Hall–Kier alpha value is -3.00. The molecule has 6 unspecified atom stereocenters. The maximum absolute atomic E-state index is 12.5. The molecule has 21 nitrogen and oxygen atoms in total. The monoisotopic (exact) mass is 1010 g/mol. The van der Waals surface area contributed by atoms with Gasteiger partial charge in [0.25, 0.3) is 0 Å². The van der Waals surface area contributed by atoms with E-state index in [4.69, 9.17) is 52.1 Å². The molecule has 4 aliphatic carbocycles. The summed E-state index contributed by atoms with van der Waals surface area (Å²) >= 11 is 0. The molecule has 0 aromatic rings. The Morgan fingerprint density at radius 3 is 2.15 bits per heavy atom. The number of esters is 3. The van der Waals surface area contributed by atoms with E-state index in [0.717, 1.165) is 38.7 Å². The van der Waals surface area contributed by atoms with Crippen LogP contribution in [0.15, 0.2) is 23.8 Å². The summed E-state index contributed by atoms with van der Waals surface area (Å²) in [5.41, 5.74) is 0.518. The van der Waals surface area contributed by atoms with Crippen molar-refractivity contribution >= 4 is 23.7 Å². The Bertz CT molecular complexity index is 2100. The fourth-order valence-corrected chi connectivity index (χ4v) is 14.6. The van der Waals surface area contributed by atoms with Gasteiger partial charge in [0.2, 0.25) is 5.79 Å². The molecule has 1 spiro atoms. The van der Waals surface area contributed by atoms with Crippen LogP contribution in [0, 0.1) is 40.4 Å². The number of fused-ring (bicyclic) bond motifs is 7.